The van der Waals surface area contributed by atoms with Crippen LogP contribution in [0.2, 0.25) is 0 Å². The van der Waals surface area contributed by atoms with Gasteiger partial charge in [-0.1, -0.05) is 35.5 Å². The molecule has 1 aromatic carbocycles. The molecule has 0 aliphatic carbocycles. The largest absolute Gasteiger partial charge is 0.384 e. The highest BCUT2D eigenvalue weighted by molar-refractivity contribution is 5.14. The summed E-state index contributed by atoms with van der Waals surface area (Å²) in [6.07, 6.45) is 2.71. The molecular weight excluding hydrogens is 214 g/mol. The fourth-order valence-electron chi connectivity index (χ4n) is 1.58. The van der Waals surface area contributed by atoms with E-state index in [0.717, 1.165) is 13.0 Å². The minimum absolute atomic E-state index is 0.602. The monoisotopic (exact) mass is 231 g/mol. The second kappa shape index (κ2) is 4.67. The molecule has 17 heavy (non-hydrogen) atoms. The molecule has 0 radical (unpaired) electrons. The van der Waals surface area contributed by atoms with E-state index in [9.17, 15) is 5.11 Å². The number of rotatable bonds is 4. The van der Waals surface area contributed by atoms with Crippen molar-refractivity contribution < 1.29 is 5.11 Å². The van der Waals surface area contributed by atoms with Gasteiger partial charge in [0, 0.05) is 6.54 Å². The third kappa shape index (κ3) is 3.14. The maximum Gasteiger partial charge on any atom is 0.114 e. The molecule has 0 saturated heterocycles. The van der Waals surface area contributed by atoms with Crippen molar-refractivity contribution in [2.24, 2.45) is 0 Å². The zero-order valence-electron chi connectivity index (χ0n) is 10.2. The Morgan fingerprint density at radius 2 is 1.94 bits per heavy atom. The number of aliphatic hydroxyl groups is 1. The summed E-state index contributed by atoms with van der Waals surface area (Å²) >= 11 is 0. The van der Waals surface area contributed by atoms with Gasteiger partial charge in [0.05, 0.1) is 6.20 Å². The predicted molar refractivity (Wildman–Crippen MR) is 65.4 cm³/mol. The van der Waals surface area contributed by atoms with Crippen molar-refractivity contribution in [2.75, 3.05) is 0 Å². The summed E-state index contributed by atoms with van der Waals surface area (Å²) in [6, 6.07) is 10.2. The van der Waals surface area contributed by atoms with Gasteiger partial charge in [-0.25, -0.2) is 0 Å². The fraction of sp³-hybridized carbons (Fsp3) is 0.385. The molecule has 0 bridgehead atoms. The number of benzene rings is 1. The molecule has 0 aliphatic heterocycles. The Bertz CT molecular complexity index is 471. The van der Waals surface area contributed by atoms with E-state index < -0.39 is 5.60 Å². The fourth-order valence-corrected chi connectivity index (χ4v) is 1.58. The molecule has 1 aromatic heterocycles. The maximum absolute atomic E-state index is 9.77. The summed E-state index contributed by atoms with van der Waals surface area (Å²) < 4.78 is 1.76. The summed E-state index contributed by atoms with van der Waals surface area (Å²) in [4.78, 5) is 0. The Hall–Kier alpha value is -1.68. The maximum atomic E-state index is 9.77. The van der Waals surface area contributed by atoms with E-state index in [2.05, 4.69) is 22.4 Å². The lowest BCUT2D eigenvalue weighted by Crippen LogP contribution is -2.15. The van der Waals surface area contributed by atoms with Crippen molar-refractivity contribution >= 4 is 0 Å². The van der Waals surface area contributed by atoms with Gasteiger partial charge in [0.25, 0.3) is 0 Å². The molecule has 1 N–H and O–H groups in total. The van der Waals surface area contributed by atoms with E-state index in [0.29, 0.717) is 5.69 Å². The van der Waals surface area contributed by atoms with Crippen molar-refractivity contribution in [1.82, 2.24) is 15.0 Å². The summed E-state index contributed by atoms with van der Waals surface area (Å²) in [5.41, 5.74) is 0.948. The zero-order valence-corrected chi connectivity index (χ0v) is 10.2. The van der Waals surface area contributed by atoms with Gasteiger partial charge in [0.15, 0.2) is 0 Å². The average Bonchev–Trinajstić information content (AvgIpc) is 2.76. The lowest BCUT2D eigenvalue weighted by atomic mass is 10.1. The van der Waals surface area contributed by atoms with Gasteiger partial charge in [0.2, 0.25) is 0 Å². The molecule has 0 spiro atoms. The van der Waals surface area contributed by atoms with Crippen LogP contribution in [0.3, 0.4) is 0 Å². The van der Waals surface area contributed by atoms with Crippen LogP contribution in [0.15, 0.2) is 36.5 Å². The van der Waals surface area contributed by atoms with Crippen LogP contribution < -0.4 is 0 Å². The Labute approximate surface area is 101 Å². The molecular formula is C13H17N3O. The molecule has 0 saturated carbocycles. The number of aryl methyl sites for hydroxylation is 2. The van der Waals surface area contributed by atoms with E-state index in [-0.39, 0.29) is 0 Å². The lowest BCUT2D eigenvalue weighted by molar-refractivity contribution is 0.0737. The van der Waals surface area contributed by atoms with Crippen LogP contribution in [0.1, 0.15) is 25.1 Å². The minimum atomic E-state index is -0.926. The van der Waals surface area contributed by atoms with Crippen LogP contribution in [-0.2, 0) is 18.6 Å². The second-order valence-corrected chi connectivity index (χ2v) is 4.66. The molecule has 90 valence electrons. The van der Waals surface area contributed by atoms with Crippen molar-refractivity contribution in [1.29, 1.82) is 0 Å². The number of hydrogen-bond donors (Lipinski definition) is 1. The highest BCUT2D eigenvalue weighted by Gasteiger charge is 2.19. The van der Waals surface area contributed by atoms with Crippen LogP contribution in [0.4, 0.5) is 0 Å². The Morgan fingerprint density at radius 3 is 2.53 bits per heavy atom. The highest BCUT2D eigenvalue weighted by Crippen LogP contribution is 2.15. The predicted octanol–water partition coefficient (Wildman–Crippen LogP) is 1.75. The Morgan fingerprint density at radius 1 is 1.24 bits per heavy atom. The first-order valence-electron chi connectivity index (χ1n) is 5.72. The summed E-state index contributed by atoms with van der Waals surface area (Å²) in [7, 11) is 0. The van der Waals surface area contributed by atoms with Crippen LogP contribution >= 0.6 is 0 Å². The van der Waals surface area contributed by atoms with Crippen LogP contribution in [-0.4, -0.2) is 20.1 Å². The van der Waals surface area contributed by atoms with Crippen molar-refractivity contribution in [2.45, 2.75) is 32.4 Å². The quantitative estimate of drug-likeness (QED) is 0.872. The highest BCUT2D eigenvalue weighted by atomic mass is 16.3. The van der Waals surface area contributed by atoms with Crippen LogP contribution in [0, 0.1) is 0 Å². The zero-order chi connectivity index (χ0) is 12.3. The smallest absolute Gasteiger partial charge is 0.114 e. The molecule has 0 atom stereocenters. The van der Waals surface area contributed by atoms with Crippen molar-refractivity contribution in [3.8, 4) is 0 Å². The normalized spacial score (nSPS) is 11.7. The van der Waals surface area contributed by atoms with Gasteiger partial charge >= 0.3 is 0 Å². The molecule has 2 aromatic rings. The lowest BCUT2D eigenvalue weighted by Gasteiger charge is -2.11. The molecule has 0 aliphatic rings. The first-order chi connectivity index (χ1) is 8.05. The third-order valence-corrected chi connectivity index (χ3v) is 2.64. The summed E-state index contributed by atoms with van der Waals surface area (Å²) in [5, 5.41) is 17.7. The van der Waals surface area contributed by atoms with Gasteiger partial charge in [-0.2, -0.15) is 0 Å². The third-order valence-electron chi connectivity index (χ3n) is 2.64. The number of hydrogen-bond acceptors (Lipinski definition) is 3. The molecule has 4 heteroatoms. The van der Waals surface area contributed by atoms with Gasteiger partial charge < -0.3 is 5.11 Å². The number of nitrogens with zero attached hydrogens (tertiary/aromatic N) is 3. The molecule has 2 rings (SSSR count). The van der Waals surface area contributed by atoms with Gasteiger partial charge in [0.1, 0.15) is 11.3 Å². The van der Waals surface area contributed by atoms with Crippen molar-refractivity contribution in [3.05, 3.63) is 47.8 Å². The molecule has 1 heterocycles. The topological polar surface area (TPSA) is 50.9 Å². The van der Waals surface area contributed by atoms with E-state index in [4.69, 9.17) is 0 Å². The summed E-state index contributed by atoms with van der Waals surface area (Å²) in [5.74, 6) is 0. The van der Waals surface area contributed by atoms with Gasteiger partial charge in [-0.05, 0) is 25.8 Å². The Kier molecular flexibility index (Phi) is 3.24. The van der Waals surface area contributed by atoms with Crippen LogP contribution in [0.25, 0.3) is 0 Å². The second-order valence-electron chi connectivity index (χ2n) is 4.66. The molecule has 0 amide bonds. The first kappa shape index (κ1) is 11.8. The molecule has 0 fully saturated rings. The Balaban J connectivity index is 1.99. The number of aromatic nitrogens is 3. The summed E-state index contributed by atoms with van der Waals surface area (Å²) in [6.45, 7) is 4.18. The van der Waals surface area contributed by atoms with E-state index >= 15 is 0 Å². The first-order valence-corrected chi connectivity index (χ1v) is 5.72. The van der Waals surface area contributed by atoms with Gasteiger partial charge in [-0.15, -0.1) is 5.10 Å². The van der Waals surface area contributed by atoms with E-state index in [1.54, 1.807) is 24.7 Å². The van der Waals surface area contributed by atoms with Gasteiger partial charge in [-0.3, -0.25) is 4.68 Å². The van der Waals surface area contributed by atoms with Crippen LogP contribution in [0.5, 0.6) is 0 Å². The van der Waals surface area contributed by atoms with E-state index in [1.165, 1.54) is 5.56 Å². The molecule has 4 nitrogen and oxygen atoms in total. The molecule has 0 unspecified atom stereocenters. The average molecular weight is 231 g/mol. The SMILES string of the molecule is CC(C)(O)c1cn(CCc2ccccc2)nn1. The van der Waals surface area contributed by atoms with Crippen molar-refractivity contribution in [3.63, 3.8) is 0 Å². The van der Waals surface area contributed by atoms with E-state index in [1.807, 2.05) is 18.2 Å². The minimum Gasteiger partial charge on any atom is -0.384 e. The standard InChI is InChI=1S/C13H17N3O/c1-13(2,17)12-10-16(15-14-12)9-8-11-6-4-3-5-7-11/h3-7,10,17H,8-9H2,1-2H3.